The van der Waals surface area contributed by atoms with Gasteiger partial charge in [-0.25, -0.2) is 14.8 Å². The van der Waals surface area contributed by atoms with Crippen LogP contribution in [0, 0.1) is 0 Å². The summed E-state index contributed by atoms with van der Waals surface area (Å²) < 4.78 is 2.37. The molecular formula is C11H12BrN5O2. The zero-order valence-corrected chi connectivity index (χ0v) is 11.5. The highest BCUT2D eigenvalue weighted by Gasteiger charge is 2.33. The normalized spacial score (nSPS) is 19.2. The summed E-state index contributed by atoms with van der Waals surface area (Å²) in [5.41, 5.74) is 7.11. The van der Waals surface area contributed by atoms with E-state index in [1.807, 2.05) is 0 Å². The third kappa shape index (κ3) is 1.83. The number of imidazole rings is 1. The van der Waals surface area contributed by atoms with Crippen LogP contribution < -0.4 is 5.73 Å². The Bertz CT molecular complexity index is 656. The second kappa shape index (κ2) is 4.37. The van der Waals surface area contributed by atoms with Gasteiger partial charge in [0, 0.05) is 6.54 Å². The number of likely N-dealkylation sites (tertiary alicyclic amines) is 1. The minimum Gasteiger partial charge on any atom is -0.465 e. The molecule has 0 radical (unpaired) electrons. The fourth-order valence-corrected chi connectivity index (χ4v) is 3.14. The zero-order valence-electron chi connectivity index (χ0n) is 9.95. The number of nitrogens with zero attached hydrogens (tertiary/aromatic N) is 4. The lowest BCUT2D eigenvalue weighted by Crippen LogP contribution is -2.29. The molecule has 1 amide bonds. The standard InChI is InChI=1S/C11H12BrN5O2/c12-9-8-6(13)4-14-5-17(8)10(15-9)7-2-1-3-16(7)11(18)19/h4-5,7H,1-3,13H2,(H,18,19). The lowest BCUT2D eigenvalue weighted by atomic mass is 10.2. The van der Waals surface area contributed by atoms with Gasteiger partial charge in [-0.1, -0.05) is 0 Å². The number of hydrogen-bond acceptors (Lipinski definition) is 4. The maximum Gasteiger partial charge on any atom is 0.407 e. The average molecular weight is 326 g/mol. The minimum atomic E-state index is -0.924. The van der Waals surface area contributed by atoms with Gasteiger partial charge in [-0.3, -0.25) is 9.30 Å². The molecule has 1 saturated heterocycles. The smallest absolute Gasteiger partial charge is 0.407 e. The number of hydrogen-bond donors (Lipinski definition) is 2. The Morgan fingerprint density at radius 1 is 1.58 bits per heavy atom. The monoisotopic (exact) mass is 325 g/mol. The van der Waals surface area contributed by atoms with E-state index in [0.717, 1.165) is 18.4 Å². The van der Waals surface area contributed by atoms with E-state index in [9.17, 15) is 9.90 Å². The van der Waals surface area contributed by atoms with Crippen molar-refractivity contribution in [3.63, 3.8) is 0 Å². The van der Waals surface area contributed by atoms with Gasteiger partial charge in [0.1, 0.15) is 22.3 Å². The Hall–Kier alpha value is -1.83. The Kier molecular flexibility index (Phi) is 2.81. The summed E-state index contributed by atoms with van der Waals surface area (Å²) >= 11 is 3.37. The summed E-state index contributed by atoms with van der Waals surface area (Å²) in [6.45, 7) is 0.530. The van der Waals surface area contributed by atoms with Crippen molar-refractivity contribution >= 4 is 33.2 Å². The van der Waals surface area contributed by atoms with Crippen molar-refractivity contribution in [2.24, 2.45) is 0 Å². The van der Waals surface area contributed by atoms with Gasteiger partial charge in [0.25, 0.3) is 0 Å². The van der Waals surface area contributed by atoms with Gasteiger partial charge < -0.3 is 10.8 Å². The van der Waals surface area contributed by atoms with Crippen molar-refractivity contribution in [2.45, 2.75) is 18.9 Å². The maximum atomic E-state index is 11.2. The molecule has 100 valence electrons. The third-order valence-corrected chi connectivity index (χ3v) is 3.91. The van der Waals surface area contributed by atoms with Crippen molar-refractivity contribution in [2.75, 3.05) is 12.3 Å². The van der Waals surface area contributed by atoms with Crippen LogP contribution in [0.5, 0.6) is 0 Å². The highest BCUT2D eigenvalue weighted by molar-refractivity contribution is 9.10. The van der Waals surface area contributed by atoms with Crippen LogP contribution in [-0.4, -0.2) is 37.0 Å². The van der Waals surface area contributed by atoms with Crippen LogP contribution in [0.25, 0.3) is 5.52 Å². The Morgan fingerprint density at radius 3 is 3.11 bits per heavy atom. The lowest BCUT2D eigenvalue weighted by molar-refractivity contribution is 0.138. The lowest BCUT2D eigenvalue weighted by Gasteiger charge is -2.20. The molecule has 3 N–H and O–H groups in total. The van der Waals surface area contributed by atoms with Crippen LogP contribution in [-0.2, 0) is 0 Å². The first-order valence-electron chi connectivity index (χ1n) is 5.86. The largest absolute Gasteiger partial charge is 0.465 e. The van der Waals surface area contributed by atoms with Crippen molar-refractivity contribution in [1.29, 1.82) is 0 Å². The molecule has 2 aromatic rings. The molecule has 1 aliphatic heterocycles. The van der Waals surface area contributed by atoms with Crippen LogP contribution in [0.15, 0.2) is 17.1 Å². The number of carboxylic acid groups (broad SMARTS) is 1. The fourth-order valence-electron chi connectivity index (χ4n) is 2.54. The predicted molar refractivity (Wildman–Crippen MR) is 71.8 cm³/mol. The van der Waals surface area contributed by atoms with Crippen LogP contribution in [0.2, 0.25) is 0 Å². The van der Waals surface area contributed by atoms with Gasteiger partial charge in [0.2, 0.25) is 0 Å². The second-order valence-electron chi connectivity index (χ2n) is 4.46. The Labute approximate surface area is 117 Å². The molecule has 0 spiro atoms. The van der Waals surface area contributed by atoms with Gasteiger partial charge in [-0.15, -0.1) is 0 Å². The summed E-state index contributed by atoms with van der Waals surface area (Å²) in [7, 11) is 0. The molecule has 0 saturated carbocycles. The van der Waals surface area contributed by atoms with E-state index in [4.69, 9.17) is 5.73 Å². The number of fused-ring (bicyclic) bond motifs is 1. The number of rotatable bonds is 1. The fraction of sp³-hybridized carbons (Fsp3) is 0.364. The molecule has 19 heavy (non-hydrogen) atoms. The van der Waals surface area contributed by atoms with E-state index in [2.05, 4.69) is 25.9 Å². The number of nitrogens with two attached hydrogens (primary N) is 1. The van der Waals surface area contributed by atoms with Crippen LogP contribution >= 0.6 is 15.9 Å². The topological polar surface area (TPSA) is 96.8 Å². The van der Waals surface area contributed by atoms with E-state index in [1.165, 1.54) is 4.90 Å². The summed E-state index contributed by atoms with van der Waals surface area (Å²) in [6.07, 6.45) is 3.82. The molecule has 3 heterocycles. The zero-order chi connectivity index (χ0) is 13.6. The van der Waals surface area contributed by atoms with Crippen LogP contribution in [0.1, 0.15) is 24.7 Å². The van der Waals surface area contributed by atoms with Crippen molar-refractivity contribution in [1.82, 2.24) is 19.3 Å². The first kappa shape index (κ1) is 12.2. The van der Waals surface area contributed by atoms with E-state index in [-0.39, 0.29) is 6.04 Å². The summed E-state index contributed by atoms with van der Waals surface area (Å²) in [5.74, 6) is 0.654. The SMILES string of the molecule is Nc1cncn2c(C3CCCN3C(=O)O)nc(Br)c12. The molecule has 1 unspecified atom stereocenters. The van der Waals surface area contributed by atoms with Crippen molar-refractivity contribution < 1.29 is 9.90 Å². The molecular weight excluding hydrogens is 314 g/mol. The summed E-state index contributed by atoms with van der Waals surface area (Å²) in [6, 6.07) is -0.250. The number of carbonyl (C=O) groups is 1. The maximum absolute atomic E-state index is 11.2. The number of nitrogen functional groups attached to an aromatic ring is 1. The Balaban J connectivity index is 2.16. The van der Waals surface area contributed by atoms with Crippen molar-refractivity contribution in [3.8, 4) is 0 Å². The number of aromatic nitrogens is 3. The molecule has 0 aliphatic carbocycles. The summed E-state index contributed by atoms with van der Waals surface area (Å²) in [4.78, 5) is 21.1. The van der Waals surface area contributed by atoms with Gasteiger partial charge in [0.05, 0.1) is 17.9 Å². The van der Waals surface area contributed by atoms with Gasteiger partial charge in [-0.05, 0) is 28.8 Å². The van der Waals surface area contributed by atoms with Gasteiger partial charge in [-0.2, -0.15) is 0 Å². The first-order chi connectivity index (χ1) is 9.09. The average Bonchev–Trinajstić information content (AvgIpc) is 2.94. The quantitative estimate of drug-likeness (QED) is 0.834. The first-order valence-corrected chi connectivity index (χ1v) is 6.65. The second-order valence-corrected chi connectivity index (χ2v) is 5.21. The van der Waals surface area contributed by atoms with Crippen molar-refractivity contribution in [3.05, 3.63) is 23.0 Å². The molecule has 0 aromatic carbocycles. The predicted octanol–water partition coefficient (Wildman–Crippen LogP) is 1.89. The molecule has 1 atom stereocenters. The summed E-state index contributed by atoms with van der Waals surface area (Å²) in [5, 5.41) is 9.22. The molecule has 7 nitrogen and oxygen atoms in total. The van der Waals surface area contributed by atoms with E-state index >= 15 is 0 Å². The van der Waals surface area contributed by atoms with E-state index < -0.39 is 6.09 Å². The number of anilines is 1. The highest BCUT2D eigenvalue weighted by atomic mass is 79.9. The van der Waals surface area contributed by atoms with Gasteiger partial charge in [0.15, 0.2) is 0 Å². The van der Waals surface area contributed by atoms with Crippen LogP contribution in [0.3, 0.4) is 0 Å². The molecule has 0 bridgehead atoms. The molecule has 2 aromatic heterocycles. The highest BCUT2D eigenvalue weighted by Crippen LogP contribution is 2.34. The number of halogens is 1. The number of amides is 1. The van der Waals surface area contributed by atoms with Crippen LogP contribution in [0.4, 0.5) is 10.5 Å². The third-order valence-electron chi connectivity index (χ3n) is 3.36. The molecule has 3 rings (SSSR count). The van der Waals surface area contributed by atoms with E-state index in [1.54, 1.807) is 16.9 Å². The molecule has 8 heteroatoms. The Morgan fingerprint density at radius 2 is 2.37 bits per heavy atom. The minimum absolute atomic E-state index is 0.250. The van der Waals surface area contributed by atoms with Gasteiger partial charge >= 0.3 is 6.09 Å². The molecule has 1 aliphatic rings. The molecule has 1 fully saturated rings. The van der Waals surface area contributed by atoms with E-state index in [0.29, 0.717) is 22.7 Å².